The summed E-state index contributed by atoms with van der Waals surface area (Å²) < 4.78 is 37.6. The summed E-state index contributed by atoms with van der Waals surface area (Å²) in [7, 11) is 0. The van der Waals surface area contributed by atoms with Crippen LogP contribution in [0.3, 0.4) is 0 Å². The standard InChI is InChI=1S/C9H9BrF3N3O/c1-8(14,9(11,12)13)7(17)16-5-3-2-4-15-6(5)10/h2-4H,14H2,1H3,(H,16,17). The number of aromatic nitrogens is 1. The zero-order valence-electron chi connectivity index (χ0n) is 8.68. The summed E-state index contributed by atoms with van der Waals surface area (Å²) in [5, 5.41) is 2.06. The minimum atomic E-state index is -4.83. The predicted molar refractivity (Wildman–Crippen MR) is 59.2 cm³/mol. The molecule has 4 nitrogen and oxygen atoms in total. The minimum Gasteiger partial charge on any atom is -0.322 e. The van der Waals surface area contributed by atoms with Crippen molar-refractivity contribution in [3.05, 3.63) is 22.9 Å². The summed E-state index contributed by atoms with van der Waals surface area (Å²) in [5.74, 6) is -1.35. The number of anilines is 1. The molecule has 0 fully saturated rings. The summed E-state index contributed by atoms with van der Waals surface area (Å²) in [5.41, 5.74) is 2.13. The second-order valence-corrected chi connectivity index (χ2v) is 4.25. The molecule has 1 aromatic rings. The third-order valence-electron chi connectivity index (χ3n) is 2.07. The molecule has 1 amide bonds. The van der Waals surface area contributed by atoms with Gasteiger partial charge in [0.1, 0.15) is 4.60 Å². The van der Waals surface area contributed by atoms with Gasteiger partial charge < -0.3 is 11.1 Å². The van der Waals surface area contributed by atoms with E-state index >= 15 is 0 Å². The number of nitrogens with zero attached hydrogens (tertiary/aromatic N) is 1. The van der Waals surface area contributed by atoms with Crippen molar-refractivity contribution in [1.82, 2.24) is 4.98 Å². The first kappa shape index (κ1) is 13.9. The maximum Gasteiger partial charge on any atom is 0.415 e. The highest BCUT2D eigenvalue weighted by Gasteiger charge is 2.54. The van der Waals surface area contributed by atoms with Crippen molar-refractivity contribution in [2.24, 2.45) is 5.73 Å². The van der Waals surface area contributed by atoms with Gasteiger partial charge in [-0.05, 0) is 35.0 Å². The van der Waals surface area contributed by atoms with Crippen molar-refractivity contribution >= 4 is 27.5 Å². The molecule has 17 heavy (non-hydrogen) atoms. The maximum absolute atomic E-state index is 12.5. The van der Waals surface area contributed by atoms with Crippen LogP contribution in [-0.2, 0) is 4.79 Å². The highest BCUT2D eigenvalue weighted by atomic mass is 79.9. The molecule has 0 spiro atoms. The maximum atomic E-state index is 12.5. The molecule has 0 saturated heterocycles. The van der Waals surface area contributed by atoms with Gasteiger partial charge in [-0.1, -0.05) is 0 Å². The first-order valence-electron chi connectivity index (χ1n) is 4.44. The van der Waals surface area contributed by atoms with Gasteiger partial charge in [0.2, 0.25) is 0 Å². The Hall–Kier alpha value is -1.15. The Labute approximate surface area is 104 Å². The Morgan fingerprint density at radius 2 is 2.12 bits per heavy atom. The summed E-state index contributed by atoms with van der Waals surface area (Å²) >= 11 is 2.99. The summed E-state index contributed by atoms with van der Waals surface area (Å²) in [6.07, 6.45) is -3.41. The molecule has 0 aliphatic rings. The molecule has 0 radical (unpaired) electrons. The number of carbonyl (C=O) groups excluding carboxylic acids is 1. The van der Waals surface area contributed by atoms with Crippen molar-refractivity contribution < 1.29 is 18.0 Å². The monoisotopic (exact) mass is 311 g/mol. The van der Waals surface area contributed by atoms with Crippen LogP contribution in [-0.4, -0.2) is 22.6 Å². The lowest BCUT2D eigenvalue weighted by Gasteiger charge is -2.26. The Morgan fingerprint density at radius 3 is 2.59 bits per heavy atom. The van der Waals surface area contributed by atoms with Crippen LogP contribution in [0.2, 0.25) is 0 Å². The Balaban J connectivity index is 2.91. The highest BCUT2D eigenvalue weighted by Crippen LogP contribution is 2.29. The second kappa shape index (κ2) is 4.61. The van der Waals surface area contributed by atoms with Gasteiger partial charge in [0.25, 0.3) is 5.91 Å². The molecular formula is C9H9BrF3N3O. The Bertz CT molecular complexity index is 434. The van der Waals surface area contributed by atoms with E-state index in [0.29, 0.717) is 6.92 Å². The molecular weight excluding hydrogens is 303 g/mol. The SMILES string of the molecule is CC(N)(C(=O)Nc1cccnc1Br)C(F)(F)F. The molecule has 1 atom stereocenters. The van der Waals surface area contributed by atoms with Crippen molar-refractivity contribution in [3.8, 4) is 0 Å². The lowest BCUT2D eigenvalue weighted by atomic mass is 10.0. The fraction of sp³-hybridized carbons (Fsp3) is 0.333. The van der Waals surface area contributed by atoms with E-state index in [1.54, 1.807) is 0 Å². The number of nitrogens with one attached hydrogen (secondary N) is 1. The number of halogens is 4. The molecule has 0 aromatic carbocycles. The molecule has 94 valence electrons. The summed E-state index contributed by atoms with van der Waals surface area (Å²) in [6.45, 7) is 0.604. The zero-order valence-corrected chi connectivity index (χ0v) is 10.3. The third-order valence-corrected chi connectivity index (χ3v) is 2.70. The number of nitrogens with two attached hydrogens (primary N) is 1. The van der Waals surface area contributed by atoms with Crippen LogP contribution in [0.15, 0.2) is 22.9 Å². The predicted octanol–water partition coefficient (Wildman–Crippen LogP) is 2.06. The lowest BCUT2D eigenvalue weighted by Crippen LogP contribution is -2.59. The molecule has 1 aromatic heterocycles. The number of amides is 1. The third kappa shape index (κ3) is 2.95. The highest BCUT2D eigenvalue weighted by molar-refractivity contribution is 9.10. The van der Waals surface area contributed by atoms with Gasteiger partial charge in [-0.3, -0.25) is 4.79 Å². The van der Waals surface area contributed by atoms with Crippen LogP contribution in [0, 0.1) is 0 Å². The van der Waals surface area contributed by atoms with E-state index in [1.807, 2.05) is 0 Å². The van der Waals surface area contributed by atoms with Gasteiger partial charge in [-0.2, -0.15) is 13.2 Å². The van der Waals surface area contributed by atoms with Crippen LogP contribution in [0.4, 0.5) is 18.9 Å². The van der Waals surface area contributed by atoms with Crippen LogP contribution in [0.25, 0.3) is 0 Å². The number of alkyl halides is 3. The molecule has 0 aliphatic heterocycles. The summed E-state index contributed by atoms with van der Waals surface area (Å²) in [4.78, 5) is 15.2. The average Bonchev–Trinajstić information content (AvgIpc) is 2.19. The molecule has 1 unspecified atom stereocenters. The molecule has 0 bridgehead atoms. The molecule has 1 heterocycles. The quantitative estimate of drug-likeness (QED) is 0.822. The van der Waals surface area contributed by atoms with E-state index in [0.717, 1.165) is 0 Å². The van der Waals surface area contributed by atoms with Crippen LogP contribution in [0.1, 0.15) is 6.92 Å². The number of rotatable bonds is 2. The van der Waals surface area contributed by atoms with E-state index in [-0.39, 0.29) is 10.3 Å². The first-order valence-corrected chi connectivity index (χ1v) is 5.23. The topological polar surface area (TPSA) is 68.0 Å². The van der Waals surface area contributed by atoms with E-state index in [2.05, 4.69) is 26.2 Å². The van der Waals surface area contributed by atoms with E-state index in [9.17, 15) is 18.0 Å². The Morgan fingerprint density at radius 1 is 1.53 bits per heavy atom. The fourth-order valence-corrected chi connectivity index (χ4v) is 1.21. The van der Waals surface area contributed by atoms with Crippen molar-refractivity contribution in [1.29, 1.82) is 0 Å². The zero-order chi connectivity index (χ0) is 13.3. The first-order chi connectivity index (χ1) is 7.66. The average molecular weight is 312 g/mol. The second-order valence-electron chi connectivity index (χ2n) is 3.50. The Kier molecular flexibility index (Phi) is 3.78. The number of hydrogen-bond donors (Lipinski definition) is 2. The van der Waals surface area contributed by atoms with Crippen LogP contribution < -0.4 is 11.1 Å². The van der Waals surface area contributed by atoms with E-state index in [4.69, 9.17) is 5.73 Å². The number of carbonyl (C=O) groups is 1. The van der Waals surface area contributed by atoms with Gasteiger partial charge >= 0.3 is 6.18 Å². The summed E-state index contributed by atoms with van der Waals surface area (Å²) in [6, 6.07) is 2.88. The molecule has 1 rings (SSSR count). The normalized spacial score (nSPS) is 15.2. The largest absolute Gasteiger partial charge is 0.415 e. The number of pyridine rings is 1. The van der Waals surface area contributed by atoms with Gasteiger partial charge in [0.05, 0.1) is 5.69 Å². The van der Waals surface area contributed by atoms with Gasteiger partial charge in [-0.15, -0.1) is 0 Å². The minimum absolute atomic E-state index is 0.124. The molecule has 3 N–H and O–H groups in total. The molecule has 8 heteroatoms. The lowest BCUT2D eigenvalue weighted by molar-refractivity contribution is -0.184. The van der Waals surface area contributed by atoms with E-state index < -0.39 is 17.6 Å². The van der Waals surface area contributed by atoms with Crippen molar-refractivity contribution in [2.75, 3.05) is 5.32 Å². The smallest absolute Gasteiger partial charge is 0.322 e. The van der Waals surface area contributed by atoms with Crippen molar-refractivity contribution in [3.63, 3.8) is 0 Å². The van der Waals surface area contributed by atoms with Crippen LogP contribution in [0.5, 0.6) is 0 Å². The van der Waals surface area contributed by atoms with Gasteiger partial charge in [0.15, 0.2) is 5.54 Å². The van der Waals surface area contributed by atoms with Gasteiger partial charge in [0, 0.05) is 6.20 Å². The molecule has 0 saturated carbocycles. The van der Waals surface area contributed by atoms with Crippen LogP contribution >= 0.6 is 15.9 Å². The van der Waals surface area contributed by atoms with Gasteiger partial charge in [-0.25, -0.2) is 4.98 Å². The fourth-order valence-electron chi connectivity index (χ4n) is 0.860. The van der Waals surface area contributed by atoms with E-state index in [1.165, 1.54) is 18.3 Å². The number of hydrogen-bond acceptors (Lipinski definition) is 3. The van der Waals surface area contributed by atoms with Crippen molar-refractivity contribution in [2.45, 2.75) is 18.6 Å². The molecule has 0 aliphatic carbocycles.